The summed E-state index contributed by atoms with van der Waals surface area (Å²) in [5.74, 6) is 3.14. The molecule has 2 aliphatic rings. The van der Waals surface area contributed by atoms with Gasteiger partial charge in [-0.3, -0.25) is 0 Å². The molecular formula is C19H15BrN4O2S. The van der Waals surface area contributed by atoms with Crippen LogP contribution in [0.5, 0.6) is 11.5 Å². The number of ether oxygens (including phenoxy) is 2. The van der Waals surface area contributed by atoms with Crippen molar-refractivity contribution in [1.29, 1.82) is 0 Å². The summed E-state index contributed by atoms with van der Waals surface area (Å²) in [4.78, 5) is 0. The van der Waals surface area contributed by atoms with E-state index in [4.69, 9.17) is 14.6 Å². The normalized spacial score (nSPS) is 15.2. The Morgan fingerprint density at radius 3 is 2.67 bits per heavy atom. The number of aromatic nitrogens is 3. The maximum Gasteiger partial charge on any atom is 0.212 e. The van der Waals surface area contributed by atoms with Crippen LogP contribution < -0.4 is 9.47 Å². The van der Waals surface area contributed by atoms with Crippen molar-refractivity contribution < 1.29 is 9.47 Å². The van der Waals surface area contributed by atoms with Crippen molar-refractivity contribution in [1.82, 2.24) is 14.9 Å². The van der Waals surface area contributed by atoms with Gasteiger partial charge >= 0.3 is 0 Å². The summed E-state index contributed by atoms with van der Waals surface area (Å²) in [7, 11) is 0. The number of nitrogens with zero attached hydrogens (tertiary/aromatic N) is 4. The zero-order valence-corrected chi connectivity index (χ0v) is 16.7. The monoisotopic (exact) mass is 442 g/mol. The van der Waals surface area contributed by atoms with Crippen LogP contribution in [0.1, 0.15) is 17.0 Å². The molecule has 3 heterocycles. The van der Waals surface area contributed by atoms with Gasteiger partial charge in [0.25, 0.3) is 0 Å². The SMILES string of the molecule is Brc1ccc(Cc2nnc3n2N=C(c2ccc4c(c2)OCCO4)CS3)cc1. The summed E-state index contributed by atoms with van der Waals surface area (Å²) in [6.45, 7) is 1.16. The van der Waals surface area contributed by atoms with E-state index in [-0.39, 0.29) is 0 Å². The average Bonchev–Trinajstić information content (AvgIpc) is 3.11. The Morgan fingerprint density at radius 1 is 1.00 bits per heavy atom. The minimum Gasteiger partial charge on any atom is -0.486 e. The van der Waals surface area contributed by atoms with Gasteiger partial charge in [0, 0.05) is 22.2 Å². The molecule has 8 heteroatoms. The van der Waals surface area contributed by atoms with Crippen LogP contribution in [-0.2, 0) is 6.42 Å². The van der Waals surface area contributed by atoms with Crippen LogP contribution in [0, 0.1) is 0 Å². The molecule has 27 heavy (non-hydrogen) atoms. The molecule has 136 valence electrons. The van der Waals surface area contributed by atoms with Gasteiger partial charge in [-0.2, -0.15) is 9.78 Å². The number of fused-ring (bicyclic) bond motifs is 2. The van der Waals surface area contributed by atoms with E-state index >= 15 is 0 Å². The first-order chi connectivity index (χ1) is 13.3. The quantitative estimate of drug-likeness (QED) is 0.617. The van der Waals surface area contributed by atoms with Crippen molar-refractivity contribution in [2.45, 2.75) is 11.6 Å². The Kier molecular flexibility index (Phi) is 4.37. The van der Waals surface area contributed by atoms with Gasteiger partial charge in [-0.25, -0.2) is 0 Å². The maximum atomic E-state index is 5.70. The van der Waals surface area contributed by atoms with Gasteiger partial charge in [-0.1, -0.05) is 39.8 Å². The molecule has 0 fully saturated rings. The third kappa shape index (κ3) is 3.35. The van der Waals surface area contributed by atoms with Crippen LogP contribution in [0.4, 0.5) is 0 Å². The van der Waals surface area contributed by atoms with Gasteiger partial charge in [0.15, 0.2) is 17.3 Å². The minimum absolute atomic E-state index is 0.574. The molecule has 0 aliphatic carbocycles. The second-order valence-electron chi connectivity index (χ2n) is 6.21. The third-order valence-corrected chi connectivity index (χ3v) is 5.85. The van der Waals surface area contributed by atoms with Crippen LogP contribution in [0.15, 0.2) is 57.2 Å². The lowest BCUT2D eigenvalue weighted by molar-refractivity contribution is 0.171. The zero-order valence-electron chi connectivity index (χ0n) is 14.3. The third-order valence-electron chi connectivity index (χ3n) is 4.39. The van der Waals surface area contributed by atoms with Gasteiger partial charge < -0.3 is 9.47 Å². The van der Waals surface area contributed by atoms with E-state index in [1.165, 1.54) is 5.56 Å². The fourth-order valence-corrected chi connectivity index (χ4v) is 4.15. The minimum atomic E-state index is 0.574. The average molecular weight is 443 g/mol. The first kappa shape index (κ1) is 16.8. The van der Waals surface area contributed by atoms with Crippen molar-refractivity contribution in [2.75, 3.05) is 19.0 Å². The number of benzene rings is 2. The first-order valence-electron chi connectivity index (χ1n) is 8.56. The summed E-state index contributed by atoms with van der Waals surface area (Å²) in [5.41, 5.74) is 3.17. The van der Waals surface area contributed by atoms with Gasteiger partial charge in [-0.15, -0.1) is 10.2 Å². The lowest BCUT2D eigenvalue weighted by Gasteiger charge is -2.20. The predicted molar refractivity (Wildman–Crippen MR) is 107 cm³/mol. The molecule has 0 unspecified atom stereocenters. The molecule has 3 aromatic rings. The molecule has 0 saturated carbocycles. The van der Waals surface area contributed by atoms with E-state index in [1.54, 1.807) is 11.8 Å². The number of hydrogen-bond acceptors (Lipinski definition) is 6. The molecule has 0 radical (unpaired) electrons. The van der Waals surface area contributed by atoms with Crippen molar-refractivity contribution in [2.24, 2.45) is 5.10 Å². The second kappa shape index (κ2) is 7.01. The van der Waals surface area contributed by atoms with E-state index in [0.717, 1.165) is 44.0 Å². The summed E-state index contributed by atoms with van der Waals surface area (Å²) in [6, 6.07) is 14.2. The first-order valence-corrected chi connectivity index (χ1v) is 10.3. The molecule has 0 spiro atoms. The molecule has 0 bridgehead atoms. The summed E-state index contributed by atoms with van der Waals surface area (Å²) >= 11 is 5.11. The molecular weight excluding hydrogens is 428 g/mol. The molecule has 5 rings (SSSR count). The Balaban J connectivity index is 1.47. The van der Waals surface area contributed by atoms with E-state index < -0.39 is 0 Å². The van der Waals surface area contributed by atoms with E-state index in [1.807, 2.05) is 35.0 Å². The van der Waals surface area contributed by atoms with Crippen LogP contribution in [-0.4, -0.2) is 39.6 Å². The standard InChI is InChI=1S/C19H15BrN4O2S/c20-14-4-1-12(2-5-14)9-18-21-22-19-24(18)23-15(11-27-19)13-3-6-16-17(10-13)26-8-7-25-16/h1-6,10H,7-9,11H2. The highest BCUT2D eigenvalue weighted by Gasteiger charge is 2.21. The molecule has 2 aromatic carbocycles. The fraction of sp³-hybridized carbons (Fsp3) is 0.211. The van der Waals surface area contributed by atoms with Crippen LogP contribution >= 0.6 is 27.7 Å². The summed E-state index contributed by atoms with van der Waals surface area (Å²) in [5, 5.41) is 14.3. The highest BCUT2D eigenvalue weighted by molar-refractivity contribution is 9.10. The number of hydrogen-bond donors (Lipinski definition) is 0. The van der Waals surface area contributed by atoms with Gasteiger partial charge in [0.1, 0.15) is 13.2 Å². The molecule has 0 saturated heterocycles. The highest BCUT2D eigenvalue weighted by atomic mass is 79.9. The molecule has 6 nitrogen and oxygen atoms in total. The van der Waals surface area contributed by atoms with E-state index in [9.17, 15) is 0 Å². The van der Waals surface area contributed by atoms with Gasteiger partial charge in [0.05, 0.1) is 5.71 Å². The van der Waals surface area contributed by atoms with Crippen LogP contribution in [0.3, 0.4) is 0 Å². The Bertz CT molecular complexity index is 1030. The van der Waals surface area contributed by atoms with Crippen molar-refractivity contribution in [3.8, 4) is 11.5 Å². The topological polar surface area (TPSA) is 61.5 Å². The van der Waals surface area contributed by atoms with Crippen LogP contribution in [0.2, 0.25) is 0 Å². The Labute approximate surface area is 168 Å². The Morgan fingerprint density at radius 2 is 1.81 bits per heavy atom. The molecule has 0 N–H and O–H groups in total. The predicted octanol–water partition coefficient (Wildman–Crippen LogP) is 3.76. The van der Waals surface area contributed by atoms with Crippen LogP contribution in [0.25, 0.3) is 0 Å². The number of rotatable bonds is 3. The zero-order chi connectivity index (χ0) is 18.2. The largest absolute Gasteiger partial charge is 0.486 e. The van der Waals surface area contributed by atoms with Crippen molar-refractivity contribution >= 4 is 33.4 Å². The Hall–Kier alpha value is -2.32. The van der Waals surface area contributed by atoms with E-state index in [0.29, 0.717) is 19.6 Å². The highest BCUT2D eigenvalue weighted by Crippen LogP contribution is 2.32. The summed E-state index contributed by atoms with van der Waals surface area (Å²) in [6.07, 6.45) is 0.679. The molecule has 0 amide bonds. The smallest absolute Gasteiger partial charge is 0.212 e. The molecule has 1 aromatic heterocycles. The van der Waals surface area contributed by atoms with Gasteiger partial charge in [0.2, 0.25) is 5.16 Å². The molecule has 2 aliphatic heterocycles. The second-order valence-corrected chi connectivity index (χ2v) is 8.07. The fourth-order valence-electron chi connectivity index (χ4n) is 3.03. The van der Waals surface area contributed by atoms with Crippen molar-refractivity contribution in [3.05, 3.63) is 63.9 Å². The lowest BCUT2D eigenvalue weighted by atomic mass is 10.1. The van der Waals surface area contributed by atoms with Crippen molar-refractivity contribution in [3.63, 3.8) is 0 Å². The van der Waals surface area contributed by atoms with Gasteiger partial charge in [-0.05, 0) is 35.9 Å². The van der Waals surface area contributed by atoms with E-state index in [2.05, 4.69) is 38.3 Å². The number of thioether (sulfide) groups is 1. The summed E-state index contributed by atoms with van der Waals surface area (Å²) < 4.78 is 14.2. The maximum absolute atomic E-state index is 5.70. The number of halogens is 1. The lowest BCUT2D eigenvalue weighted by Crippen LogP contribution is -2.18. The molecule has 0 atom stereocenters.